The summed E-state index contributed by atoms with van der Waals surface area (Å²) < 4.78 is 0. The van der Waals surface area contributed by atoms with Gasteiger partial charge in [0.15, 0.2) is 0 Å². The first kappa shape index (κ1) is 16.2. The van der Waals surface area contributed by atoms with Gasteiger partial charge in [-0.2, -0.15) is 0 Å². The van der Waals surface area contributed by atoms with E-state index in [-0.39, 0.29) is 5.54 Å². The van der Waals surface area contributed by atoms with Crippen molar-refractivity contribution in [3.8, 4) is 0 Å². The number of rotatable bonds is 5. The third-order valence-electron chi connectivity index (χ3n) is 4.26. The molecule has 1 aliphatic rings. The molecule has 1 unspecified atom stereocenters. The van der Waals surface area contributed by atoms with Gasteiger partial charge in [-0.25, -0.2) is 0 Å². The van der Waals surface area contributed by atoms with Crippen LogP contribution in [-0.4, -0.2) is 48.6 Å². The van der Waals surface area contributed by atoms with E-state index in [0.29, 0.717) is 6.04 Å². The molecule has 1 atom stereocenters. The van der Waals surface area contributed by atoms with Crippen molar-refractivity contribution in [1.29, 1.82) is 0 Å². The Morgan fingerprint density at radius 3 is 2.81 bits per heavy atom. The molecule has 4 nitrogen and oxygen atoms in total. The van der Waals surface area contributed by atoms with E-state index >= 15 is 0 Å². The largest absolute Gasteiger partial charge is 0.372 e. The van der Waals surface area contributed by atoms with Gasteiger partial charge in [0.25, 0.3) is 0 Å². The molecule has 2 rings (SSSR count). The minimum Gasteiger partial charge on any atom is -0.372 e. The van der Waals surface area contributed by atoms with Crippen molar-refractivity contribution in [2.75, 3.05) is 32.1 Å². The highest BCUT2D eigenvalue weighted by molar-refractivity contribution is 5.51. The van der Waals surface area contributed by atoms with Crippen LogP contribution in [0, 0.1) is 0 Å². The fourth-order valence-electron chi connectivity index (χ4n) is 2.89. The van der Waals surface area contributed by atoms with Crippen LogP contribution < -0.4 is 10.2 Å². The fourth-order valence-corrected chi connectivity index (χ4v) is 2.89. The molecule has 118 valence electrons. The van der Waals surface area contributed by atoms with Crippen LogP contribution in [0.4, 0.5) is 5.69 Å². The number of hydrogen-bond donors (Lipinski definition) is 1. The Labute approximate surface area is 129 Å². The van der Waals surface area contributed by atoms with E-state index in [9.17, 15) is 0 Å². The first-order chi connectivity index (χ1) is 9.87. The summed E-state index contributed by atoms with van der Waals surface area (Å²) in [6.45, 7) is 9.78. The molecule has 1 aromatic rings. The van der Waals surface area contributed by atoms with E-state index < -0.39 is 0 Å². The molecule has 0 aliphatic carbocycles. The van der Waals surface area contributed by atoms with Gasteiger partial charge in [-0.15, -0.1) is 0 Å². The van der Waals surface area contributed by atoms with Gasteiger partial charge < -0.3 is 15.1 Å². The zero-order chi connectivity index (χ0) is 15.5. The van der Waals surface area contributed by atoms with Gasteiger partial charge >= 0.3 is 0 Å². The van der Waals surface area contributed by atoms with E-state index in [1.165, 1.54) is 30.6 Å². The topological polar surface area (TPSA) is 31.4 Å². The summed E-state index contributed by atoms with van der Waals surface area (Å²) in [4.78, 5) is 9.15. The van der Waals surface area contributed by atoms with Crippen LogP contribution in [0.3, 0.4) is 0 Å². The lowest BCUT2D eigenvalue weighted by Crippen LogP contribution is -2.38. The maximum absolute atomic E-state index is 4.32. The predicted molar refractivity (Wildman–Crippen MR) is 89.8 cm³/mol. The lowest BCUT2D eigenvalue weighted by Gasteiger charge is -2.29. The lowest BCUT2D eigenvalue weighted by atomic mass is 10.1. The van der Waals surface area contributed by atoms with Crippen molar-refractivity contribution in [3.05, 3.63) is 24.0 Å². The maximum Gasteiger partial charge on any atom is 0.0596 e. The van der Waals surface area contributed by atoms with Gasteiger partial charge in [-0.3, -0.25) is 4.98 Å². The minimum atomic E-state index is 0.130. The number of hydrogen-bond acceptors (Lipinski definition) is 4. The second-order valence-corrected chi connectivity index (χ2v) is 7.27. The summed E-state index contributed by atoms with van der Waals surface area (Å²) >= 11 is 0. The highest BCUT2D eigenvalue weighted by atomic mass is 15.2. The normalized spacial score (nSPS) is 20.0. The highest BCUT2D eigenvalue weighted by Gasteiger charge is 2.23. The van der Waals surface area contributed by atoms with E-state index in [4.69, 9.17) is 0 Å². The zero-order valence-electron chi connectivity index (χ0n) is 14.2. The number of aromatic nitrogens is 1. The van der Waals surface area contributed by atoms with Crippen LogP contribution >= 0.6 is 0 Å². The number of nitrogens with zero attached hydrogens (tertiary/aromatic N) is 3. The Balaban J connectivity index is 2.04. The van der Waals surface area contributed by atoms with Crippen molar-refractivity contribution in [1.82, 2.24) is 15.2 Å². The van der Waals surface area contributed by atoms with Crippen LogP contribution in [0.15, 0.2) is 18.5 Å². The molecule has 0 bridgehead atoms. The molecular weight excluding hydrogens is 260 g/mol. The zero-order valence-corrected chi connectivity index (χ0v) is 14.2. The van der Waals surface area contributed by atoms with Crippen LogP contribution in [0.5, 0.6) is 0 Å². The molecule has 0 radical (unpaired) electrons. The van der Waals surface area contributed by atoms with Crippen molar-refractivity contribution in [3.63, 3.8) is 0 Å². The molecule has 4 heteroatoms. The number of anilines is 1. The Hall–Kier alpha value is -1.13. The second-order valence-electron chi connectivity index (χ2n) is 7.27. The molecule has 0 aromatic carbocycles. The summed E-state index contributed by atoms with van der Waals surface area (Å²) in [5.74, 6) is 0. The number of pyridine rings is 1. The maximum atomic E-state index is 4.32. The van der Waals surface area contributed by atoms with Gasteiger partial charge in [0.1, 0.15) is 0 Å². The molecule has 1 aliphatic heterocycles. The molecule has 1 aromatic heterocycles. The second kappa shape index (κ2) is 6.75. The molecule has 21 heavy (non-hydrogen) atoms. The van der Waals surface area contributed by atoms with E-state index in [1.807, 2.05) is 12.4 Å². The first-order valence-corrected chi connectivity index (χ1v) is 7.96. The molecular formula is C17H30N4. The van der Waals surface area contributed by atoms with Crippen molar-refractivity contribution in [2.24, 2.45) is 0 Å². The summed E-state index contributed by atoms with van der Waals surface area (Å²) in [5, 5.41) is 3.57. The van der Waals surface area contributed by atoms with Crippen LogP contribution in [0.25, 0.3) is 0 Å². The van der Waals surface area contributed by atoms with E-state index in [2.05, 4.69) is 61.0 Å². The van der Waals surface area contributed by atoms with Gasteiger partial charge in [0, 0.05) is 37.9 Å². The fraction of sp³-hybridized carbons (Fsp3) is 0.706. The standard InChI is InChI=1S/C17H30N4/c1-17(2,3)19-11-14-8-9-18-12-16(14)21(5)13-15-7-6-10-20(15)4/h8-9,12,15,19H,6-7,10-11,13H2,1-5H3. The Bertz CT molecular complexity index is 452. The van der Waals surface area contributed by atoms with Crippen molar-refractivity contribution in [2.45, 2.75) is 51.7 Å². The summed E-state index contributed by atoms with van der Waals surface area (Å²) in [7, 11) is 4.42. The van der Waals surface area contributed by atoms with Gasteiger partial charge in [0.05, 0.1) is 11.9 Å². The SMILES string of the molecule is CN(CC1CCCN1C)c1cnccc1CNC(C)(C)C. The third kappa shape index (κ3) is 4.68. The predicted octanol–water partition coefficient (Wildman–Crippen LogP) is 2.50. The number of nitrogens with one attached hydrogen (secondary N) is 1. The summed E-state index contributed by atoms with van der Waals surface area (Å²) in [5.41, 5.74) is 2.70. The molecule has 2 heterocycles. The van der Waals surface area contributed by atoms with Crippen molar-refractivity contribution < 1.29 is 0 Å². The average molecular weight is 290 g/mol. The summed E-state index contributed by atoms with van der Waals surface area (Å²) in [6.07, 6.45) is 6.50. The van der Waals surface area contributed by atoms with E-state index in [1.54, 1.807) is 0 Å². The Morgan fingerprint density at radius 1 is 1.43 bits per heavy atom. The van der Waals surface area contributed by atoms with Gasteiger partial charge in [-0.1, -0.05) is 0 Å². The third-order valence-corrected chi connectivity index (χ3v) is 4.26. The first-order valence-electron chi connectivity index (χ1n) is 7.96. The molecule has 1 saturated heterocycles. The van der Waals surface area contributed by atoms with Gasteiger partial charge in [0.2, 0.25) is 0 Å². The van der Waals surface area contributed by atoms with E-state index in [0.717, 1.165) is 13.1 Å². The number of likely N-dealkylation sites (N-methyl/N-ethyl adjacent to an activating group) is 2. The average Bonchev–Trinajstić information content (AvgIpc) is 2.81. The highest BCUT2D eigenvalue weighted by Crippen LogP contribution is 2.22. The summed E-state index contributed by atoms with van der Waals surface area (Å²) in [6, 6.07) is 2.79. The Kier molecular flexibility index (Phi) is 5.22. The van der Waals surface area contributed by atoms with Gasteiger partial charge in [-0.05, 0) is 58.8 Å². The van der Waals surface area contributed by atoms with Crippen molar-refractivity contribution >= 4 is 5.69 Å². The molecule has 1 N–H and O–H groups in total. The number of likely N-dealkylation sites (tertiary alicyclic amines) is 1. The smallest absolute Gasteiger partial charge is 0.0596 e. The Morgan fingerprint density at radius 2 is 2.19 bits per heavy atom. The lowest BCUT2D eigenvalue weighted by molar-refractivity contribution is 0.314. The quantitative estimate of drug-likeness (QED) is 0.903. The minimum absolute atomic E-state index is 0.130. The van der Waals surface area contributed by atoms with Crippen LogP contribution in [0.2, 0.25) is 0 Å². The van der Waals surface area contributed by atoms with Crippen LogP contribution in [0.1, 0.15) is 39.2 Å². The van der Waals surface area contributed by atoms with Crippen LogP contribution in [-0.2, 0) is 6.54 Å². The monoisotopic (exact) mass is 290 g/mol. The molecule has 1 fully saturated rings. The molecule has 0 amide bonds. The molecule has 0 saturated carbocycles. The molecule has 0 spiro atoms.